The van der Waals surface area contributed by atoms with Gasteiger partial charge >= 0.3 is 6.03 Å². The van der Waals surface area contributed by atoms with Crippen molar-refractivity contribution in [2.24, 2.45) is 0 Å². The van der Waals surface area contributed by atoms with Crippen molar-refractivity contribution in [2.75, 3.05) is 20.2 Å². The van der Waals surface area contributed by atoms with Crippen molar-refractivity contribution in [2.45, 2.75) is 12.0 Å². The number of nitrogens with one attached hydrogen (secondary N) is 2. The van der Waals surface area contributed by atoms with E-state index in [4.69, 9.17) is 4.74 Å². The minimum absolute atomic E-state index is 0.0283. The number of urea groups is 1. The molecule has 0 aliphatic carbocycles. The molecule has 2 aliphatic rings. The molecule has 1 fully saturated rings. The molecule has 0 spiro atoms. The molecule has 0 saturated carbocycles. The van der Waals surface area contributed by atoms with E-state index in [0.717, 1.165) is 5.56 Å². The van der Waals surface area contributed by atoms with Crippen LogP contribution in [0.15, 0.2) is 42.7 Å². The summed E-state index contributed by atoms with van der Waals surface area (Å²) in [6.45, 7) is 0.463. The Bertz CT molecular complexity index is 931. The summed E-state index contributed by atoms with van der Waals surface area (Å²) in [5, 5.41) is 4.96. The van der Waals surface area contributed by atoms with Gasteiger partial charge in [-0.1, -0.05) is 6.07 Å². The molecule has 2 N–H and O–H groups in total. The van der Waals surface area contributed by atoms with Crippen molar-refractivity contribution >= 4 is 17.8 Å². The molecule has 27 heavy (non-hydrogen) atoms. The number of ether oxygens (including phenoxy) is 1. The second-order valence-electron chi connectivity index (χ2n) is 6.56. The molecule has 138 valence electrons. The smallest absolute Gasteiger partial charge is 0.322 e. The molecular weight excluding hydrogens is 348 g/mol. The molecule has 4 amide bonds. The monoisotopic (exact) mass is 366 g/mol. The molecule has 3 heterocycles. The van der Waals surface area contributed by atoms with Gasteiger partial charge in [0.25, 0.3) is 11.8 Å². The quantitative estimate of drug-likeness (QED) is 0.781. The fourth-order valence-corrected chi connectivity index (χ4v) is 3.59. The summed E-state index contributed by atoms with van der Waals surface area (Å²) in [5.41, 5.74) is 0.658. The first-order valence-electron chi connectivity index (χ1n) is 8.54. The van der Waals surface area contributed by atoms with Gasteiger partial charge in [-0.05, 0) is 36.2 Å². The number of imide groups is 1. The molecule has 2 aliphatic heterocycles. The highest BCUT2D eigenvalue weighted by Crippen LogP contribution is 2.29. The summed E-state index contributed by atoms with van der Waals surface area (Å²) < 4.78 is 5.22. The Labute approximate surface area is 155 Å². The number of methoxy groups -OCH3 is 1. The number of hydrogen-bond donors (Lipinski definition) is 2. The zero-order valence-corrected chi connectivity index (χ0v) is 14.7. The largest absolute Gasteiger partial charge is 0.497 e. The summed E-state index contributed by atoms with van der Waals surface area (Å²) in [5.74, 6) is 0.0224. The van der Waals surface area contributed by atoms with Crippen molar-refractivity contribution in [3.8, 4) is 5.75 Å². The van der Waals surface area contributed by atoms with Gasteiger partial charge in [-0.25, -0.2) is 4.79 Å². The van der Waals surface area contributed by atoms with Crippen LogP contribution in [-0.4, -0.2) is 47.9 Å². The predicted molar refractivity (Wildman–Crippen MR) is 95.2 cm³/mol. The number of rotatable bonds is 4. The molecule has 4 rings (SSSR count). The highest BCUT2D eigenvalue weighted by Gasteiger charge is 2.50. The van der Waals surface area contributed by atoms with Gasteiger partial charge in [-0.15, -0.1) is 0 Å². The lowest BCUT2D eigenvalue weighted by Crippen LogP contribution is -2.55. The molecular formula is C19H18N4O4. The molecule has 8 nitrogen and oxygen atoms in total. The average molecular weight is 366 g/mol. The molecule has 0 unspecified atom stereocenters. The minimum atomic E-state index is -1.36. The number of nitrogens with zero attached hydrogens (tertiary/aromatic N) is 2. The third-order valence-electron chi connectivity index (χ3n) is 5.01. The van der Waals surface area contributed by atoms with Crippen LogP contribution in [0.25, 0.3) is 0 Å². The van der Waals surface area contributed by atoms with Crippen LogP contribution in [0.5, 0.6) is 5.75 Å². The highest BCUT2D eigenvalue weighted by atomic mass is 16.5. The summed E-state index contributed by atoms with van der Waals surface area (Å²) in [6.07, 6.45) is 3.75. The van der Waals surface area contributed by atoms with Crippen molar-refractivity contribution in [3.63, 3.8) is 0 Å². The van der Waals surface area contributed by atoms with Gasteiger partial charge in [0, 0.05) is 30.1 Å². The van der Waals surface area contributed by atoms with E-state index in [0.29, 0.717) is 29.8 Å². The van der Waals surface area contributed by atoms with Gasteiger partial charge in [0.1, 0.15) is 5.75 Å². The molecule has 0 bridgehead atoms. The SMILES string of the molecule is COc1ccc2c(c1)CCN(C[C@@]1(c3cccnc3)NC(=O)NC1=O)C2=O. The normalized spacial score (nSPS) is 21.5. The Morgan fingerprint density at radius 2 is 2.11 bits per heavy atom. The Morgan fingerprint density at radius 3 is 2.78 bits per heavy atom. The van der Waals surface area contributed by atoms with E-state index < -0.39 is 17.5 Å². The fourth-order valence-electron chi connectivity index (χ4n) is 3.59. The van der Waals surface area contributed by atoms with E-state index in [1.807, 2.05) is 6.07 Å². The standard InChI is InChI=1S/C19H18N4O4/c1-27-14-4-5-15-12(9-14)6-8-23(16(15)24)11-19(13-3-2-7-20-10-13)17(25)21-18(26)22-19/h2-5,7,9-10H,6,8,11H2,1H3,(H2,21,22,25,26)/t19-/m0/s1. The lowest BCUT2D eigenvalue weighted by atomic mass is 9.89. The van der Waals surface area contributed by atoms with Crippen LogP contribution in [-0.2, 0) is 16.8 Å². The molecule has 1 aromatic carbocycles. The fraction of sp³-hybridized carbons (Fsp3) is 0.263. The van der Waals surface area contributed by atoms with Crippen LogP contribution in [0.2, 0.25) is 0 Å². The zero-order valence-electron chi connectivity index (χ0n) is 14.7. The summed E-state index contributed by atoms with van der Waals surface area (Å²) in [7, 11) is 1.58. The Balaban J connectivity index is 1.68. The van der Waals surface area contributed by atoms with E-state index >= 15 is 0 Å². The second-order valence-corrected chi connectivity index (χ2v) is 6.56. The summed E-state index contributed by atoms with van der Waals surface area (Å²) in [6, 6.07) is 8.14. The lowest BCUT2D eigenvalue weighted by Gasteiger charge is -2.36. The van der Waals surface area contributed by atoms with Gasteiger partial charge in [0.2, 0.25) is 0 Å². The number of benzene rings is 1. The van der Waals surface area contributed by atoms with Crippen LogP contribution >= 0.6 is 0 Å². The summed E-state index contributed by atoms with van der Waals surface area (Å²) >= 11 is 0. The van der Waals surface area contributed by atoms with Gasteiger partial charge in [0.15, 0.2) is 5.54 Å². The first-order chi connectivity index (χ1) is 13.0. The lowest BCUT2D eigenvalue weighted by molar-refractivity contribution is -0.124. The van der Waals surface area contributed by atoms with Crippen LogP contribution in [0.1, 0.15) is 21.5 Å². The third kappa shape index (κ3) is 2.79. The minimum Gasteiger partial charge on any atom is -0.497 e. The van der Waals surface area contributed by atoms with Gasteiger partial charge < -0.3 is 15.0 Å². The molecule has 0 radical (unpaired) electrons. The number of hydrogen-bond acceptors (Lipinski definition) is 5. The van der Waals surface area contributed by atoms with Gasteiger partial charge in [0.05, 0.1) is 13.7 Å². The molecule has 1 aromatic heterocycles. The highest BCUT2D eigenvalue weighted by molar-refractivity contribution is 6.08. The third-order valence-corrected chi connectivity index (χ3v) is 5.01. The van der Waals surface area contributed by atoms with Crippen LogP contribution in [0.4, 0.5) is 4.79 Å². The first-order valence-corrected chi connectivity index (χ1v) is 8.54. The number of carbonyl (C=O) groups excluding carboxylic acids is 3. The maximum Gasteiger partial charge on any atom is 0.322 e. The average Bonchev–Trinajstić information content (AvgIpc) is 2.98. The Hall–Kier alpha value is -3.42. The second kappa shape index (κ2) is 6.39. The first kappa shape index (κ1) is 17.0. The Kier molecular flexibility index (Phi) is 4.02. The van der Waals surface area contributed by atoms with Crippen LogP contribution in [0.3, 0.4) is 0 Å². The van der Waals surface area contributed by atoms with E-state index in [9.17, 15) is 14.4 Å². The molecule has 1 atom stereocenters. The van der Waals surface area contributed by atoms with E-state index in [1.165, 1.54) is 6.20 Å². The van der Waals surface area contributed by atoms with Crippen LogP contribution in [0, 0.1) is 0 Å². The number of pyridine rings is 1. The molecule has 2 aromatic rings. The van der Waals surface area contributed by atoms with Gasteiger partial charge in [-0.3, -0.25) is 19.9 Å². The number of aromatic nitrogens is 1. The molecule has 1 saturated heterocycles. The van der Waals surface area contributed by atoms with Crippen LogP contribution < -0.4 is 15.4 Å². The zero-order chi connectivity index (χ0) is 19.0. The number of carbonyl (C=O) groups is 3. The van der Waals surface area contributed by atoms with Crippen molar-refractivity contribution in [1.82, 2.24) is 20.5 Å². The molecule has 8 heteroatoms. The Morgan fingerprint density at radius 1 is 1.26 bits per heavy atom. The van der Waals surface area contributed by atoms with E-state index in [-0.39, 0.29) is 12.5 Å². The van der Waals surface area contributed by atoms with Crippen molar-refractivity contribution in [3.05, 3.63) is 59.4 Å². The van der Waals surface area contributed by atoms with Gasteiger partial charge in [-0.2, -0.15) is 0 Å². The number of amides is 4. The maximum absolute atomic E-state index is 13.0. The maximum atomic E-state index is 13.0. The topological polar surface area (TPSA) is 101 Å². The predicted octanol–water partition coefficient (Wildman–Crippen LogP) is 0.823. The van der Waals surface area contributed by atoms with Crippen molar-refractivity contribution < 1.29 is 19.1 Å². The number of fused-ring (bicyclic) bond motifs is 1. The summed E-state index contributed by atoms with van der Waals surface area (Å²) in [4.78, 5) is 43.1. The van der Waals surface area contributed by atoms with E-state index in [2.05, 4.69) is 15.6 Å². The van der Waals surface area contributed by atoms with Crippen molar-refractivity contribution in [1.29, 1.82) is 0 Å². The van der Waals surface area contributed by atoms with E-state index in [1.54, 1.807) is 42.5 Å².